The van der Waals surface area contributed by atoms with Crippen LogP contribution in [0.2, 0.25) is 0 Å². The van der Waals surface area contributed by atoms with E-state index in [1.165, 1.54) is 0 Å². The first-order valence-corrected chi connectivity index (χ1v) is 8.81. The summed E-state index contributed by atoms with van der Waals surface area (Å²) in [5.74, 6) is 0. The van der Waals surface area contributed by atoms with Crippen molar-refractivity contribution in [2.45, 2.75) is 33.3 Å². The average Bonchev–Trinajstić information content (AvgIpc) is 2.53. The molecule has 25 heavy (non-hydrogen) atoms. The fraction of sp³-hybridized carbons (Fsp3) is 0.941. The number of hydrogen-bond acceptors (Lipinski definition) is 7. The zero-order valence-electron chi connectivity index (χ0n) is 16.1. The molecule has 0 aliphatic heterocycles. The maximum atomic E-state index is 11.4. The second kappa shape index (κ2) is 16.5. The fourth-order valence-electron chi connectivity index (χ4n) is 1.56. The molecule has 0 bridgehead atoms. The van der Waals surface area contributed by atoms with Crippen molar-refractivity contribution in [3.63, 3.8) is 0 Å². The summed E-state index contributed by atoms with van der Waals surface area (Å²) >= 11 is 0. The number of alkyl carbamates (subject to hydrolysis) is 1. The van der Waals surface area contributed by atoms with Gasteiger partial charge in [0.25, 0.3) is 0 Å². The Kier molecular flexibility index (Phi) is 15.9. The third-order valence-electron chi connectivity index (χ3n) is 2.61. The highest BCUT2D eigenvalue weighted by Gasteiger charge is 2.15. The molecule has 1 amide bonds. The highest BCUT2D eigenvalue weighted by molar-refractivity contribution is 5.67. The van der Waals surface area contributed by atoms with E-state index in [1.807, 2.05) is 27.7 Å². The zero-order chi connectivity index (χ0) is 18.8. The van der Waals surface area contributed by atoms with Crippen LogP contribution < -0.4 is 5.32 Å². The van der Waals surface area contributed by atoms with Gasteiger partial charge in [-0.15, -0.1) is 0 Å². The highest BCUT2D eigenvalue weighted by Crippen LogP contribution is 2.05. The molecule has 0 rings (SSSR count). The number of nitrogens with one attached hydrogen (secondary N) is 1. The van der Waals surface area contributed by atoms with E-state index >= 15 is 0 Å². The predicted molar refractivity (Wildman–Crippen MR) is 94.0 cm³/mol. The Labute approximate surface area is 151 Å². The number of ether oxygens (including phenoxy) is 6. The van der Waals surface area contributed by atoms with Crippen LogP contribution in [0.4, 0.5) is 4.79 Å². The molecule has 0 aliphatic rings. The normalized spacial score (nSPS) is 11.5. The molecule has 0 aromatic rings. The molecule has 0 aromatic heterocycles. The molecule has 0 radical (unpaired) electrons. The summed E-state index contributed by atoms with van der Waals surface area (Å²) in [7, 11) is 0. The molecule has 0 unspecified atom stereocenters. The van der Waals surface area contributed by atoms with Crippen molar-refractivity contribution in [1.82, 2.24) is 5.32 Å². The molecule has 1 N–H and O–H groups in total. The van der Waals surface area contributed by atoms with Gasteiger partial charge in [0, 0.05) is 13.2 Å². The molecule has 0 spiro atoms. The van der Waals surface area contributed by atoms with Gasteiger partial charge in [0.05, 0.1) is 59.5 Å². The number of carbonyl (C=O) groups excluding carboxylic acids is 1. The Balaban J connectivity index is 3.13. The van der Waals surface area contributed by atoms with Gasteiger partial charge in [0.15, 0.2) is 0 Å². The molecule has 150 valence electrons. The number of carbonyl (C=O) groups is 1. The van der Waals surface area contributed by atoms with E-state index in [2.05, 4.69) is 5.32 Å². The Morgan fingerprint density at radius 1 is 0.720 bits per heavy atom. The van der Waals surface area contributed by atoms with Crippen LogP contribution >= 0.6 is 0 Å². The average molecular weight is 365 g/mol. The van der Waals surface area contributed by atoms with Crippen LogP contribution in [-0.2, 0) is 28.4 Å². The van der Waals surface area contributed by atoms with Gasteiger partial charge in [-0.25, -0.2) is 4.79 Å². The minimum atomic E-state index is -0.490. The second-order valence-electron chi connectivity index (χ2n) is 6.08. The number of hydrogen-bond donors (Lipinski definition) is 1. The molecule has 0 saturated heterocycles. The summed E-state index contributed by atoms with van der Waals surface area (Å²) in [6.45, 7) is 13.2. The van der Waals surface area contributed by atoms with Crippen molar-refractivity contribution in [2.75, 3.05) is 72.6 Å². The van der Waals surface area contributed by atoms with Gasteiger partial charge in [-0.05, 0) is 27.7 Å². The van der Waals surface area contributed by atoms with E-state index in [1.54, 1.807) is 0 Å². The Hall–Kier alpha value is -0.930. The summed E-state index contributed by atoms with van der Waals surface area (Å²) in [6.07, 6.45) is -0.439. The van der Waals surface area contributed by atoms with Crippen LogP contribution in [0, 0.1) is 0 Å². The minimum absolute atomic E-state index is 0.404. The molecule has 8 nitrogen and oxygen atoms in total. The van der Waals surface area contributed by atoms with Crippen molar-refractivity contribution < 1.29 is 33.2 Å². The molecule has 0 atom stereocenters. The van der Waals surface area contributed by atoms with E-state index in [0.29, 0.717) is 72.6 Å². The first-order chi connectivity index (χ1) is 12.0. The Bertz CT molecular complexity index is 308. The van der Waals surface area contributed by atoms with Crippen LogP contribution in [0.25, 0.3) is 0 Å². The monoisotopic (exact) mass is 365 g/mol. The lowest BCUT2D eigenvalue weighted by Gasteiger charge is -2.19. The number of amides is 1. The SMILES string of the molecule is CCOCCOCCOCCOCCOCCNC(=O)OC(C)(C)C. The topological polar surface area (TPSA) is 84.5 Å². The van der Waals surface area contributed by atoms with Crippen LogP contribution in [0.3, 0.4) is 0 Å². The zero-order valence-corrected chi connectivity index (χ0v) is 16.1. The van der Waals surface area contributed by atoms with Crippen LogP contribution in [-0.4, -0.2) is 84.3 Å². The molecule has 0 heterocycles. The van der Waals surface area contributed by atoms with Gasteiger partial charge < -0.3 is 33.7 Å². The van der Waals surface area contributed by atoms with E-state index in [0.717, 1.165) is 0 Å². The summed E-state index contributed by atoms with van der Waals surface area (Å²) in [6, 6.07) is 0. The second-order valence-corrected chi connectivity index (χ2v) is 6.08. The van der Waals surface area contributed by atoms with E-state index in [9.17, 15) is 4.79 Å². The van der Waals surface area contributed by atoms with Gasteiger partial charge in [-0.1, -0.05) is 0 Å². The van der Waals surface area contributed by atoms with Gasteiger partial charge >= 0.3 is 6.09 Å². The number of rotatable bonds is 16. The minimum Gasteiger partial charge on any atom is -0.444 e. The lowest BCUT2D eigenvalue weighted by atomic mass is 10.2. The lowest BCUT2D eigenvalue weighted by Crippen LogP contribution is -2.34. The summed E-state index contributed by atoms with van der Waals surface area (Å²) < 4.78 is 31.6. The van der Waals surface area contributed by atoms with Crippen LogP contribution in [0.1, 0.15) is 27.7 Å². The standard InChI is InChI=1S/C17H35NO7/c1-5-20-8-9-22-12-13-24-15-14-23-11-10-21-7-6-18-16(19)25-17(2,3)4/h5-15H2,1-4H3,(H,18,19). The van der Waals surface area contributed by atoms with Crippen LogP contribution in [0.15, 0.2) is 0 Å². The summed E-state index contributed by atoms with van der Waals surface area (Å²) in [5.41, 5.74) is -0.490. The van der Waals surface area contributed by atoms with Crippen molar-refractivity contribution in [1.29, 1.82) is 0 Å². The van der Waals surface area contributed by atoms with Crippen molar-refractivity contribution >= 4 is 6.09 Å². The van der Waals surface area contributed by atoms with E-state index in [4.69, 9.17) is 28.4 Å². The third kappa shape index (κ3) is 21.0. The molecule has 0 aliphatic carbocycles. The Morgan fingerprint density at radius 3 is 1.52 bits per heavy atom. The maximum Gasteiger partial charge on any atom is 0.407 e. The van der Waals surface area contributed by atoms with Gasteiger partial charge in [0.1, 0.15) is 5.60 Å². The van der Waals surface area contributed by atoms with Gasteiger partial charge in [-0.3, -0.25) is 0 Å². The fourth-order valence-corrected chi connectivity index (χ4v) is 1.56. The molecule has 0 fully saturated rings. The first kappa shape index (κ1) is 24.1. The smallest absolute Gasteiger partial charge is 0.407 e. The summed E-state index contributed by atoms with van der Waals surface area (Å²) in [5, 5.41) is 2.62. The largest absolute Gasteiger partial charge is 0.444 e. The molecule has 0 aromatic carbocycles. The van der Waals surface area contributed by atoms with E-state index in [-0.39, 0.29) is 0 Å². The maximum absolute atomic E-state index is 11.4. The summed E-state index contributed by atoms with van der Waals surface area (Å²) in [4.78, 5) is 11.4. The van der Waals surface area contributed by atoms with Gasteiger partial charge in [-0.2, -0.15) is 0 Å². The van der Waals surface area contributed by atoms with Gasteiger partial charge in [0.2, 0.25) is 0 Å². The highest BCUT2D eigenvalue weighted by atomic mass is 16.6. The van der Waals surface area contributed by atoms with Crippen molar-refractivity contribution in [3.05, 3.63) is 0 Å². The molecule has 0 saturated carbocycles. The third-order valence-corrected chi connectivity index (χ3v) is 2.61. The molecular weight excluding hydrogens is 330 g/mol. The van der Waals surface area contributed by atoms with Crippen molar-refractivity contribution in [2.24, 2.45) is 0 Å². The predicted octanol–water partition coefficient (Wildman–Crippen LogP) is 1.61. The molecule has 8 heteroatoms. The van der Waals surface area contributed by atoms with E-state index < -0.39 is 11.7 Å². The van der Waals surface area contributed by atoms with Crippen molar-refractivity contribution in [3.8, 4) is 0 Å². The molecular formula is C17H35NO7. The van der Waals surface area contributed by atoms with Crippen LogP contribution in [0.5, 0.6) is 0 Å². The quantitative estimate of drug-likeness (QED) is 0.416. The lowest BCUT2D eigenvalue weighted by molar-refractivity contribution is -0.0101. The first-order valence-electron chi connectivity index (χ1n) is 8.81. The Morgan fingerprint density at radius 2 is 1.12 bits per heavy atom.